The molecule has 3 atom stereocenters. The van der Waals surface area contributed by atoms with Crippen molar-refractivity contribution in [2.24, 2.45) is 15.3 Å². The quantitative estimate of drug-likeness (QED) is 0.834. The van der Waals surface area contributed by atoms with E-state index in [1.807, 2.05) is 0 Å². The molecule has 1 aromatic heterocycles. The van der Waals surface area contributed by atoms with Crippen LogP contribution >= 0.6 is 11.6 Å². The molecular formula is C9H9ClN6O3. The van der Waals surface area contributed by atoms with E-state index in [2.05, 4.69) is 25.6 Å². The summed E-state index contributed by atoms with van der Waals surface area (Å²) < 4.78 is 7.01. The number of halogens is 1. The zero-order chi connectivity index (χ0) is 13.4. The van der Waals surface area contributed by atoms with Crippen LogP contribution in [0.5, 0.6) is 0 Å². The molecule has 3 heterocycles. The lowest BCUT2D eigenvalue weighted by Gasteiger charge is -2.20. The van der Waals surface area contributed by atoms with Gasteiger partial charge in [0.2, 0.25) is 0 Å². The number of rotatable bonds is 3. The van der Waals surface area contributed by atoms with Crippen molar-refractivity contribution in [3.8, 4) is 0 Å². The lowest BCUT2D eigenvalue weighted by Crippen LogP contribution is -2.26. The summed E-state index contributed by atoms with van der Waals surface area (Å²) in [6.07, 6.45) is 0.753. The molecule has 1 aromatic rings. The molecule has 9 nitrogen and oxygen atoms in total. The van der Waals surface area contributed by atoms with E-state index in [-0.39, 0.29) is 11.8 Å². The predicted molar refractivity (Wildman–Crippen MR) is 67.3 cm³/mol. The van der Waals surface area contributed by atoms with Crippen LogP contribution in [0, 0.1) is 9.81 Å². The summed E-state index contributed by atoms with van der Waals surface area (Å²) in [7, 11) is 0. The Bertz CT molecular complexity index is 558. The Balaban J connectivity index is 1.98. The number of nitrogens with one attached hydrogen (secondary N) is 1. The fourth-order valence-electron chi connectivity index (χ4n) is 2.18. The molecule has 3 rings (SSSR count). The molecule has 19 heavy (non-hydrogen) atoms. The van der Waals surface area contributed by atoms with Crippen LogP contribution in [0.1, 0.15) is 11.9 Å². The van der Waals surface area contributed by atoms with Gasteiger partial charge in [0.15, 0.2) is 17.4 Å². The molecule has 0 aromatic carbocycles. The Hall–Kier alpha value is -1.87. The van der Waals surface area contributed by atoms with Gasteiger partial charge in [-0.05, 0) is 0 Å². The van der Waals surface area contributed by atoms with Crippen LogP contribution in [-0.4, -0.2) is 40.1 Å². The molecule has 10 heteroatoms. The number of nitrogens with zero attached hydrogens (tertiary/aromatic N) is 5. The largest absolute Gasteiger partial charge is 0.353 e. The number of hydrogen-bond acceptors (Lipinski definition) is 8. The average molecular weight is 285 g/mol. The Morgan fingerprint density at radius 3 is 3.05 bits per heavy atom. The Kier molecular flexibility index (Phi) is 2.99. The monoisotopic (exact) mass is 284 g/mol. The van der Waals surface area contributed by atoms with Gasteiger partial charge in [-0.2, -0.15) is 9.81 Å². The Morgan fingerprint density at radius 2 is 2.32 bits per heavy atom. The smallest absolute Gasteiger partial charge is 0.165 e. The fourth-order valence-corrected chi connectivity index (χ4v) is 2.38. The number of fused-ring (bicyclic) bond motifs is 1. The molecule has 1 saturated heterocycles. The molecule has 0 aliphatic carbocycles. The molecule has 1 N–H and O–H groups in total. The molecule has 0 radical (unpaired) electrons. The second-order valence-electron chi connectivity index (χ2n) is 4.13. The minimum atomic E-state index is -0.879. The molecule has 100 valence electrons. The summed E-state index contributed by atoms with van der Waals surface area (Å²) in [5, 5.41) is 9.07. The first-order valence-electron chi connectivity index (χ1n) is 5.54. The Labute approximate surface area is 111 Å². The third kappa shape index (κ3) is 1.81. The van der Waals surface area contributed by atoms with E-state index in [9.17, 15) is 9.81 Å². The normalized spacial score (nSPS) is 29.3. The summed E-state index contributed by atoms with van der Waals surface area (Å²) in [6, 6.07) is -1.66. The van der Waals surface area contributed by atoms with Gasteiger partial charge in [0.1, 0.15) is 24.2 Å². The molecule has 0 unspecified atom stereocenters. The van der Waals surface area contributed by atoms with Crippen molar-refractivity contribution in [3.05, 3.63) is 21.8 Å². The topological polar surface area (TPSA) is 110 Å². The zero-order valence-corrected chi connectivity index (χ0v) is 10.3. The number of ether oxygens (including phenoxy) is 1. The van der Waals surface area contributed by atoms with Crippen LogP contribution in [0.15, 0.2) is 21.7 Å². The van der Waals surface area contributed by atoms with Crippen molar-refractivity contribution in [2.75, 3.05) is 18.6 Å². The summed E-state index contributed by atoms with van der Waals surface area (Å²) >= 11 is 5.93. The average Bonchev–Trinajstić information content (AvgIpc) is 3.01. The second kappa shape index (κ2) is 4.67. The van der Waals surface area contributed by atoms with E-state index in [0.29, 0.717) is 18.2 Å². The summed E-state index contributed by atoms with van der Waals surface area (Å²) in [5.74, 6) is 0.588. The van der Waals surface area contributed by atoms with Crippen molar-refractivity contribution >= 4 is 22.6 Å². The van der Waals surface area contributed by atoms with Gasteiger partial charge in [0, 0.05) is 0 Å². The van der Waals surface area contributed by atoms with Crippen molar-refractivity contribution in [3.63, 3.8) is 0 Å². The molecule has 2 aliphatic rings. The van der Waals surface area contributed by atoms with Crippen LogP contribution in [0.2, 0.25) is 0 Å². The van der Waals surface area contributed by atoms with Crippen molar-refractivity contribution < 1.29 is 4.74 Å². The number of anilines is 1. The second-order valence-corrected chi connectivity index (χ2v) is 4.48. The van der Waals surface area contributed by atoms with Gasteiger partial charge in [-0.15, -0.1) is 0 Å². The maximum absolute atomic E-state index is 10.9. The summed E-state index contributed by atoms with van der Waals surface area (Å²) in [6.45, 7) is 0.359. The maximum atomic E-state index is 10.9. The summed E-state index contributed by atoms with van der Waals surface area (Å²) in [4.78, 5) is 29.6. The van der Waals surface area contributed by atoms with Crippen LogP contribution < -0.4 is 5.32 Å². The number of aliphatic imine (C=N–C) groups is 1. The molecule has 2 aliphatic heterocycles. The molecule has 0 amide bonds. The minimum Gasteiger partial charge on any atom is -0.353 e. The third-order valence-corrected chi connectivity index (χ3v) is 3.41. The lowest BCUT2D eigenvalue weighted by atomic mass is 10.1. The highest BCUT2D eigenvalue weighted by Crippen LogP contribution is 2.33. The molecule has 0 spiro atoms. The zero-order valence-electron chi connectivity index (χ0n) is 9.56. The Morgan fingerprint density at radius 1 is 1.47 bits per heavy atom. The van der Waals surface area contributed by atoms with E-state index in [1.165, 1.54) is 6.33 Å². The highest BCUT2D eigenvalue weighted by molar-refractivity contribution is 6.70. The van der Waals surface area contributed by atoms with E-state index in [4.69, 9.17) is 16.3 Å². The van der Waals surface area contributed by atoms with Gasteiger partial charge >= 0.3 is 0 Å². The molecule has 1 fully saturated rings. The molecular weight excluding hydrogens is 276 g/mol. The first-order chi connectivity index (χ1) is 9.26. The lowest BCUT2D eigenvalue weighted by molar-refractivity contribution is 0.0500. The number of imidazole rings is 1. The number of aromatic nitrogens is 2. The van der Waals surface area contributed by atoms with E-state index in [0.717, 1.165) is 0 Å². The highest BCUT2D eigenvalue weighted by Gasteiger charge is 2.42. The SMILES string of the molecule is O=N[C@H]1[C@H](n2cnc3c2NCN=C3Cl)OC[C@H]1N=O. The van der Waals surface area contributed by atoms with E-state index >= 15 is 0 Å². The van der Waals surface area contributed by atoms with Crippen LogP contribution in [-0.2, 0) is 4.74 Å². The van der Waals surface area contributed by atoms with Gasteiger partial charge in [-0.3, -0.25) is 4.57 Å². The van der Waals surface area contributed by atoms with Crippen LogP contribution in [0.4, 0.5) is 5.82 Å². The first kappa shape index (κ1) is 12.2. The van der Waals surface area contributed by atoms with E-state index in [1.54, 1.807) is 4.57 Å². The van der Waals surface area contributed by atoms with Gasteiger partial charge in [0.05, 0.1) is 12.9 Å². The van der Waals surface area contributed by atoms with Gasteiger partial charge in [0.25, 0.3) is 0 Å². The molecule has 0 saturated carbocycles. The van der Waals surface area contributed by atoms with Gasteiger partial charge in [-0.1, -0.05) is 22.0 Å². The van der Waals surface area contributed by atoms with Crippen LogP contribution in [0.3, 0.4) is 0 Å². The first-order valence-corrected chi connectivity index (χ1v) is 5.91. The van der Waals surface area contributed by atoms with Crippen LogP contribution in [0.25, 0.3) is 0 Å². The number of nitroso groups, excluding NO2 is 2. The highest BCUT2D eigenvalue weighted by atomic mass is 35.5. The molecule has 0 bridgehead atoms. The maximum Gasteiger partial charge on any atom is 0.165 e. The number of hydrogen-bond donors (Lipinski definition) is 1. The van der Waals surface area contributed by atoms with E-state index < -0.39 is 18.3 Å². The van der Waals surface area contributed by atoms with Gasteiger partial charge < -0.3 is 10.1 Å². The third-order valence-electron chi connectivity index (χ3n) is 3.11. The standard InChI is InChI=1S/C9H9ClN6O3/c10-7-6-8(12-2-11-7)16(3-13-6)9-5(15-18)4(14-17)1-19-9/h3-5,9,12H,1-2H2/t4-,5-,9-/m1/s1. The minimum absolute atomic E-state index is 0.0549. The van der Waals surface area contributed by atoms with Gasteiger partial charge in [-0.25, -0.2) is 9.98 Å². The van der Waals surface area contributed by atoms with Crippen molar-refractivity contribution in [1.29, 1.82) is 0 Å². The predicted octanol–water partition coefficient (Wildman–Crippen LogP) is 1.05. The fraction of sp³-hybridized carbons (Fsp3) is 0.556. The summed E-state index contributed by atoms with van der Waals surface area (Å²) in [5.41, 5.74) is 0.476. The van der Waals surface area contributed by atoms with Crippen molar-refractivity contribution in [2.45, 2.75) is 18.3 Å². The van der Waals surface area contributed by atoms with Crippen molar-refractivity contribution in [1.82, 2.24) is 9.55 Å².